The van der Waals surface area contributed by atoms with Crippen LogP contribution in [-0.2, 0) is 4.79 Å². The molecule has 0 radical (unpaired) electrons. The molecule has 0 aromatic heterocycles. The van der Waals surface area contributed by atoms with Crippen LogP contribution in [0.5, 0.6) is 5.75 Å². The van der Waals surface area contributed by atoms with E-state index in [2.05, 4.69) is 11.5 Å². The summed E-state index contributed by atoms with van der Waals surface area (Å²) in [5, 5.41) is 1.64. The van der Waals surface area contributed by atoms with Gasteiger partial charge >= 0.3 is 0 Å². The van der Waals surface area contributed by atoms with E-state index in [9.17, 15) is 4.79 Å². The first-order valence-corrected chi connectivity index (χ1v) is 7.16. The second-order valence-corrected chi connectivity index (χ2v) is 5.17. The number of nitrogens with one attached hydrogen (secondary N) is 1. The first kappa shape index (κ1) is 14.2. The van der Waals surface area contributed by atoms with E-state index in [1.807, 2.05) is 54.6 Å². The van der Waals surface area contributed by atoms with Gasteiger partial charge in [0.05, 0.1) is 18.8 Å². The van der Waals surface area contributed by atoms with Crippen molar-refractivity contribution in [3.8, 4) is 5.75 Å². The fourth-order valence-corrected chi connectivity index (χ4v) is 2.59. The van der Waals surface area contributed by atoms with E-state index in [-0.39, 0.29) is 11.9 Å². The summed E-state index contributed by atoms with van der Waals surface area (Å²) in [6.07, 6.45) is 2.06. The van der Waals surface area contributed by atoms with Crippen molar-refractivity contribution >= 4 is 11.6 Å². The van der Waals surface area contributed by atoms with Gasteiger partial charge in [-0.15, -0.1) is 0 Å². The number of carbonyl (C=O) groups excluding carboxylic acids is 1. The highest BCUT2D eigenvalue weighted by atomic mass is 16.5. The van der Waals surface area contributed by atoms with E-state index in [4.69, 9.17) is 4.74 Å². The Hall–Kier alpha value is -2.75. The summed E-state index contributed by atoms with van der Waals surface area (Å²) in [6.45, 7) is 1.56. The Morgan fingerprint density at radius 1 is 1.14 bits per heavy atom. The van der Waals surface area contributed by atoms with Gasteiger partial charge in [-0.25, -0.2) is 5.01 Å². The standard InChI is InChI=1S/C18H18N2O2/c1-13(21)20-18(14-7-4-3-5-8-14)12-17(19-20)15-9-6-10-16(11-15)22-2/h3-12,18-19H,1-2H3/t18-/m0/s1. The van der Waals surface area contributed by atoms with Crippen molar-refractivity contribution in [2.75, 3.05) is 7.11 Å². The van der Waals surface area contributed by atoms with Crippen LogP contribution >= 0.6 is 0 Å². The topological polar surface area (TPSA) is 41.6 Å². The molecule has 1 atom stereocenters. The van der Waals surface area contributed by atoms with Crippen molar-refractivity contribution in [3.05, 3.63) is 71.8 Å². The lowest BCUT2D eigenvalue weighted by Crippen LogP contribution is -2.37. The number of carbonyl (C=O) groups is 1. The molecule has 1 aliphatic rings. The van der Waals surface area contributed by atoms with Crippen molar-refractivity contribution in [3.63, 3.8) is 0 Å². The third-order valence-electron chi connectivity index (χ3n) is 3.70. The zero-order valence-corrected chi connectivity index (χ0v) is 12.6. The summed E-state index contributed by atoms with van der Waals surface area (Å²) in [7, 11) is 1.64. The van der Waals surface area contributed by atoms with Crippen LogP contribution in [0.15, 0.2) is 60.7 Å². The molecule has 0 unspecified atom stereocenters. The van der Waals surface area contributed by atoms with Crippen molar-refractivity contribution in [2.24, 2.45) is 0 Å². The van der Waals surface area contributed by atoms with Crippen molar-refractivity contribution in [2.45, 2.75) is 13.0 Å². The molecule has 0 saturated heterocycles. The number of hydrazine groups is 1. The Labute approximate surface area is 130 Å². The third kappa shape index (κ3) is 2.68. The Balaban J connectivity index is 1.97. The SMILES string of the molecule is COc1cccc(C2=C[C@@H](c3ccccc3)N(C(C)=O)N2)c1. The van der Waals surface area contributed by atoms with Gasteiger partial charge in [0.1, 0.15) is 5.75 Å². The van der Waals surface area contributed by atoms with Crippen molar-refractivity contribution < 1.29 is 9.53 Å². The van der Waals surface area contributed by atoms with Crippen LogP contribution < -0.4 is 10.2 Å². The zero-order valence-electron chi connectivity index (χ0n) is 12.6. The summed E-state index contributed by atoms with van der Waals surface area (Å²) in [5.41, 5.74) is 6.16. The number of benzene rings is 2. The lowest BCUT2D eigenvalue weighted by atomic mass is 10.0. The first-order valence-electron chi connectivity index (χ1n) is 7.16. The molecule has 22 heavy (non-hydrogen) atoms. The fraction of sp³-hybridized carbons (Fsp3) is 0.167. The van der Waals surface area contributed by atoms with Crippen LogP contribution in [0.25, 0.3) is 5.70 Å². The average Bonchev–Trinajstić information content (AvgIpc) is 3.01. The van der Waals surface area contributed by atoms with Crippen LogP contribution in [0.4, 0.5) is 0 Å². The third-order valence-corrected chi connectivity index (χ3v) is 3.70. The quantitative estimate of drug-likeness (QED) is 0.945. The molecule has 0 spiro atoms. The molecule has 1 heterocycles. The number of methoxy groups -OCH3 is 1. The normalized spacial score (nSPS) is 16.9. The Bertz CT molecular complexity index is 710. The highest BCUT2D eigenvalue weighted by Crippen LogP contribution is 2.32. The Kier molecular flexibility index (Phi) is 3.83. The minimum Gasteiger partial charge on any atom is -0.497 e. The second kappa shape index (κ2) is 5.93. The van der Waals surface area contributed by atoms with Crippen LogP contribution in [0.2, 0.25) is 0 Å². The van der Waals surface area contributed by atoms with Gasteiger partial charge in [-0.3, -0.25) is 10.2 Å². The summed E-state index contributed by atoms with van der Waals surface area (Å²) in [4.78, 5) is 11.9. The number of nitrogens with zero attached hydrogens (tertiary/aromatic N) is 1. The molecule has 1 N–H and O–H groups in total. The van der Waals surface area contributed by atoms with Gasteiger partial charge in [-0.2, -0.15) is 0 Å². The van der Waals surface area contributed by atoms with Gasteiger partial charge < -0.3 is 4.74 Å². The van der Waals surface area contributed by atoms with E-state index >= 15 is 0 Å². The lowest BCUT2D eigenvalue weighted by molar-refractivity contribution is -0.132. The molecule has 0 fully saturated rings. The van der Waals surface area contributed by atoms with E-state index < -0.39 is 0 Å². The summed E-state index contributed by atoms with van der Waals surface area (Å²) in [5.74, 6) is 0.765. The number of hydrogen-bond donors (Lipinski definition) is 1. The van der Waals surface area contributed by atoms with Crippen molar-refractivity contribution in [1.82, 2.24) is 10.4 Å². The number of hydrogen-bond acceptors (Lipinski definition) is 3. The molecule has 1 aliphatic heterocycles. The second-order valence-electron chi connectivity index (χ2n) is 5.17. The predicted molar refractivity (Wildman–Crippen MR) is 85.8 cm³/mol. The summed E-state index contributed by atoms with van der Waals surface area (Å²) >= 11 is 0. The van der Waals surface area contributed by atoms with E-state index in [1.54, 1.807) is 19.0 Å². The Morgan fingerprint density at radius 3 is 2.59 bits per heavy atom. The first-order chi connectivity index (χ1) is 10.7. The molecule has 2 aromatic rings. The molecule has 4 heteroatoms. The van der Waals surface area contributed by atoms with E-state index in [0.717, 1.165) is 22.6 Å². The van der Waals surface area contributed by atoms with Crippen LogP contribution in [-0.4, -0.2) is 18.0 Å². The molecule has 0 saturated carbocycles. The molecule has 112 valence electrons. The monoisotopic (exact) mass is 294 g/mol. The molecule has 2 aromatic carbocycles. The minimum atomic E-state index is -0.111. The highest BCUT2D eigenvalue weighted by molar-refractivity contribution is 5.79. The van der Waals surface area contributed by atoms with Gasteiger partial charge in [0.25, 0.3) is 0 Å². The maximum atomic E-state index is 11.9. The molecule has 1 amide bonds. The van der Waals surface area contributed by atoms with E-state index in [1.165, 1.54) is 0 Å². The van der Waals surface area contributed by atoms with Gasteiger partial charge in [0, 0.05) is 12.5 Å². The summed E-state index contributed by atoms with van der Waals surface area (Å²) < 4.78 is 5.26. The van der Waals surface area contributed by atoms with Gasteiger partial charge in [-0.1, -0.05) is 42.5 Å². The number of amides is 1. The Morgan fingerprint density at radius 2 is 1.91 bits per heavy atom. The van der Waals surface area contributed by atoms with Crippen LogP contribution in [0.1, 0.15) is 24.1 Å². The lowest BCUT2D eigenvalue weighted by Gasteiger charge is -2.24. The van der Waals surface area contributed by atoms with Crippen LogP contribution in [0.3, 0.4) is 0 Å². The molecule has 4 nitrogen and oxygen atoms in total. The minimum absolute atomic E-state index is 0.0250. The largest absolute Gasteiger partial charge is 0.497 e. The molecule has 0 aliphatic carbocycles. The van der Waals surface area contributed by atoms with Crippen molar-refractivity contribution in [1.29, 1.82) is 0 Å². The zero-order chi connectivity index (χ0) is 15.5. The summed E-state index contributed by atoms with van der Waals surface area (Å²) in [6, 6.07) is 17.6. The average molecular weight is 294 g/mol. The van der Waals surface area contributed by atoms with Gasteiger partial charge in [-0.05, 0) is 23.8 Å². The number of ether oxygens (including phenoxy) is 1. The smallest absolute Gasteiger partial charge is 0.238 e. The number of rotatable bonds is 3. The maximum absolute atomic E-state index is 11.9. The molecule has 3 rings (SSSR count). The van der Waals surface area contributed by atoms with Crippen LogP contribution in [0, 0.1) is 0 Å². The van der Waals surface area contributed by atoms with Gasteiger partial charge in [0.2, 0.25) is 5.91 Å². The van der Waals surface area contributed by atoms with E-state index in [0.29, 0.717) is 0 Å². The predicted octanol–water partition coefficient (Wildman–Crippen LogP) is 3.14. The van der Waals surface area contributed by atoms with Gasteiger partial charge in [0.15, 0.2) is 0 Å². The molecule has 0 bridgehead atoms. The molecular weight excluding hydrogens is 276 g/mol. The highest BCUT2D eigenvalue weighted by Gasteiger charge is 2.28. The maximum Gasteiger partial charge on any atom is 0.238 e. The fourth-order valence-electron chi connectivity index (χ4n) is 2.59. The molecular formula is C18H18N2O2.